The first kappa shape index (κ1) is 42.5. The molecule has 7 rings (SSSR count). The van der Waals surface area contributed by atoms with E-state index in [1.165, 1.54) is 24.3 Å². The fourth-order valence-corrected chi connectivity index (χ4v) is 8.07. The molecule has 2 aliphatic heterocycles. The molecule has 2 saturated heterocycles. The van der Waals surface area contributed by atoms with E-state index in [0.29, 0.717) is 101 Å². The third-order valence-corrected chi connectivity index (χ3v) is 11.1. The van der Waals surface area contributed by atoms with Gasteiger partial charge in [0, 0.05) is 32.7 Å². The molecular weight excluding hydrogens is 771 g/mol. The summed E-state index contributed by atoms with van der Waals surface area (Å²) in [5, 5.41) is 12.1. The van der Waals surface area contributed by atoms with Crippen molar-refractivity contribution in [1.82, 2.24) is 19.4 Å². The number of aromatic nitrogens is 2. The number of aliphatic hydroxyl groups is 1. The topological polar surface area (TPSA) is 144 Å². The van der Waals surface area contributed by atoms with Crippen LogP contribution < -0.4 is 14.2 Å². The van der Waals surface area contributed by atoms with Crippen molar-refractivity contribution in [3.05, 3.63) is 119 Å². The maximum Gasteiger partial charge on any atom is 0.261 e. The first-order chi connectivity index (χ1) is 27.6. The van der Waals surface area contributed by atoms with Gasteiger partial charge in [0.15, 0.2) is 11.5 Å². The number of imidazole rings is 1. The number of piperidine rings is 1. The molecule has 12 nitrogen and oxygen atoms in total. The Morgan fingerprint density at radius 1 is 0.776 bits per heavy atom. The van der Waals surface area contributed by atoms with Crippen molar-refractivity contribution in [2.75, 3.05) is 53.8 Å². The number of rotatable bonds is 13. The van der Waals surface area contributed by atoms with Crippen molar-refractivity contribution < 1.29 is 45.9 Å². The number of hydrogen-bond donors (Lipinski definition) is 2. The number of hydrogen-bond acceptors (Lipinski definition) is 9. The lowest BCUT2D eigenvalue weighted by Crippen LogP contribution is -2.46. The van der Waals surface area contributed by atoms with Crippen LogP contribution in [-0.4, -0.2) is 97.1 Å². The van der Waals surface area contributed by atoms with E-state index in [1.807, 2.05) is 41.3 Å². The van der Waals surface area contributed by atoms with E-state index in [1.54, 1.807) is 45.6 Å². The molecule has 1 aromatic heterocycles. The summed E-state index contributed by atoms with van der Waals surface area (Å²) < 4.78 is 72.1. The molecule has 5 aromatic rings. The summed E-state index contributed by atoms with van der Waals surface area (Å²) in [5.41, 5.74) is 2.61. The van der Waals surface area contributed by atoms with E-state index in [9.17, 15) is 27.1 Å². The minimum absolute atomic E-state index is 0.0681. The number of amides is 1. The van der Waals surface area contributed by atoms with Gasteiger partial charge in [0.2, 0.25) is 11.7 Å². The van der Waals surface area contributed by atoms with Crippen molar-refractivity contribution in [3.8, 4) is 17.2 Å². The molecule has 1 atom stereocenters. The van der Waals surface area contributed by atoms with Crippen LogP contribution in [0.4, 0.5) is 8.78 Å². The standard InChI is InChI=1S/C42H46F2N4O5.CH4O3S/c1-51-36-24-31(25-37(52-2)38(36)53-3)27-47-23-17-41(40(47)49,26-29-8-12-32(43)13-9-29)16-20-46-21-18-42(50,19-22-46)39-45-34-6-4-5-7-35(34)48(39)28-30-10-14-33(44)15-11-30;1-5(2,3)4/h4-15,24-25,50H,16-23,26-28H2,1-3H3;1H3,(H,2,3,4). The molecule has 2 fully saturated rings. The van der Waals surface area contributed by atoms with Gasteiger partial charge in [-0.05, 0) is 104 Å². The average Bonchev–Trinajstić information content (AvgIpc) is 3.72. The molecule has 58 heavy (non-hydrogen) atoms. The molecule has 3 heterocycles. The van der Waals surface area contributed by atoms with Gasteiger partial charge in [0.25, 0.3) is 10.1 Å². The van der Waals surface area contributed by atoms with Crippen LogP contribution in [-0.2, 0) is 40.0 Å². The Balaban J connectivity index is 0.00000107. The zero-order valence-electron chi connectivity index (χ0n) is 33.2. The number of fused-ring (bicyclic) bond motifs is 1. The van der Waals surface area contributed by atoms with E-state index in [4.69, 9.17) is 23.7 Å². The number of likely N-dealkylation sites (tertiary alicyclic amines) is 2. The van der Waals surface area contributed by atoms with Gasteiger partial charge in [-0.15, -0.1) is 0 Å². The number of nitrogens with zero attached hydrogens (tertiary/aromatic N) is 4. The van der Waals surface area contributed by atoms with Crippen LogP contribution >= 0.6 is 0 Å². The summed E-state index contributed by atoms with van der Waals surface area (Å²) in [7, 11) is 1.03. The molecule has 1 amide bonds. The summed E-state index contributed by atoms with van der Waals surface area (Å²) in [5.74, 6) is 1.64. The van der Waals surface area contributed by atoms with Gasteiger partial charge in [-0.1, -0.05) is 36.4 Å². The average molecular weight is 821 g/mol. The quantitative estimate of drug-likeness (QED) is 0.131. The Morgan fingerprint density at radius 3 is 1.91 bits per heavy atom. The summed E-state index contributed by atoms with van der Waals surface area (Å²) in [6, 6.07) is 24.4. The van der Waals surface area contributed by atoms with Crippen molar-refractivity contribution in [3.63, 3.8) is 0 Å². The largest absolute Gasteiger partial charge is 0.493 e. The van der Waals surface area contributed by atoms with Gasteiger partial charge < -0.3 is 33.7 Å². The van der Waals surface area contributed by atoms with Gasteiger partial charge in [0.05, 0.1) is 44.0 Å². The second-order valence-corrected chi connectivity index (χ2v) is 16.6. The summed E-state index contributed by atoms with van der Waals surface area (Å²) in [6.45, 7) is 3.37. The van der Waals surface area contributed by atoms with Crippen LogP contribution in [0.2, 0.25) is 0 Å². The molecule has 0 aliphatic carbocycles. The van der Waals surface area contributed by atoms with Crippen LogP contribution in [0.5, 0.6) is 17.2 Å². The van der Waals surface area contributed by atoms with E-state index in [-0.39, 0.29) is 17.5 Å². The van der Waals surface area contributed by atoms with E-state index < -0.39 is 21.1 Å². The smallest absolute Gasteiger partial charge is 0.261 e. The second kappa shape index (κ2) is 17.8. The normalized spacial score (nSPS) is 18.2. The maximum absolute atomic E-state index is 14.5. The summed E-state index contributed by atoms with van der Waals surface area (Å²) in [6.07, 6.45) is 3.46. The van der Waals surface area contributed by atoms with Crippen LogP contribution in [0.15, 0.2) is 84.9 Å². The number of methoxy groups -OCH3 is 3. The summed E-state index contributed by atoms with van der Waals surface area (Å²) >= 11 is 0. The van der Waals surface area contributed by atoms with Crippen LogP contribution in [0.3, 0.4) is 0 Å². The molecule has 0 spiro atoms. The Kier molecular flexibility index (Phi) is 13.1. The zero-order valence-corrected chi connectivity index (χ0v) is 34.0. The van der Waals surface area contributed by atoms with E-state index >= 15 is 0 Å². The van der Waals surface area contributed by atoms with Gasteiger partial charge >= 0.3 is 0 Å². The Bertz CT molecular complexity index is 2280. The Hall–Kier alpha value is -5.09. The highest BCUT2D eigenvalue weighted by atomic mass is 32.2. The van der Waals surface area contributed by atoms with Crippen molar-refractivity contribution >= 4 is 27.1 Å². The van der Waals surface area contributed by atoms with E-state index in [2.05, 4.69) is 9.47 Å². The van der Waals surface area contributed by atoms with E-state index in [0.717, 1.165) is 27.7 Å². The molecule has 310 valence electrons. The van der Waals surface area contributed by atoms with Gasteiger partial charge in [-0.2, -0.15) is 8.42 Å². The molecule has 2 N–H and O–H groups in total. The molecule has 0 bridgehead atoms. The predicted octanol–water partition coefficient (Wildman–Crippen LogP) is 6.23. The zero-order chi connectivity index (χ0) is 41.7. The Morgan fingerprint density at radius 2 is 1.34 bits per heavy atom. The minimum atomic E-state index is -3.67. The highest BCUT2D eigenvalue weighted by molar-refractivity contribution is 7.85. The highest BCUT2D eigenvalue weighted by Gasteiger charge is 2.47. The number of halogens is 2. The van der Waals surface area contributed by atoms with Crippen LogP contribution in [0, 0.1) is 17.0 Å². The van der Waals surface area contributed by atoms with Crippen LogP contribution in [0.1, 0.15) is 48.2 Å². The third-order valence-electron chi connectivity index (χ3n) is 11.1. The monoisotopic (exact) mass is 820 g/mol. The SMILES string of the molecule is COc1cc(CN2CCC(CCN3CCC(O)(c4nc5ccccc5n4Cc4ccc(F)cc4)CC3)(Cc3ccc(F)cc3)C2=O)cc(OC)c1OC.CS(=O)(=O)O. The second-order valence-electron chi connectivity index (χ2n) is 15.1. The highest BCUT2D eigenvalue weighted by Crippen LogP contribution is 2.43. The number of ether oxygens (including phenoxy) is 3. The lowest BCUT2D eigenvalue weighted by Gasteiger charge is -2.39. The number of benzene rings is 4. The molecule has 0 saturated carbocycles. The fourth-order valence-electron chi connectivity index (χ4n) is 8.07. The molecule has 1 unspecified atom stereocenters. The summed E-state index contributed by atoms with van der Waals surface area (Å²) in [4.78, 5) is 23.6. The molecular formula is C43H50F2N4O8S. The number of para-hydroxylation sites is 2. The lowest BCUT2D eigenvalue weighted by atomic mass is 9.76. The molecule has 15 heteroatoms. The van der Waals surface area contributed by atoms with Gasteiger partial charge in [0.1, 0.15) is 23.1 Å². The van der Waals surface area contributed by atoms with Crippen LogP contribution in [0.25, 0.3) is 11.0 Å². The van der Waals surface area contributed by atoms with Gasteiger partial charge in [-0.25, -0.2) is 13.8 Å². The molecule has 4 aromatic carbocycles. The molecule has 2 aliphatic rings. The fraction of sp³-hybridized carbons (Fsp3) is 0.395. The van der Waals surface area contributed by atoms with Crippen molar-refractivity contribution in [2.24, 2.45) is 5.41 Å². The van der Waals surface area contributed by atoms with Crippen molar-refractivity contribution in [1.29, 1.82) is 0 Å². The molecule has 0 radical (unpaired) electrons. The number of carbonyl (C=O) groups is 1. The number of carbonyl (C=O) groups excluding carboxylic acids is 1. The Labute approximate surface area is 337 Å². The van der Waals surface area contributed by atoms with Gasteiger partial charge in [-0.3, -0.25) is 9.35 Å². The van der Waals surface area contributed by atoms with Crippen molar-refractivity contribution in [2.45, 2.75) is 50.8 Å². The maximum atomic E-state index is 14.5. The minimum Gasteiger partial charge on any atom is -0.493 e. The first-order valence-electron chi connectivity index (χ1n) is 19.0. The predicted molar refractivity (Wildman–Crippen MR) is 216 cm³/mol. The third kappa shape index (κ3) is 9.95. The first-order valence-corrected chi connectivity index (χ1v) is 20.9. The lowest BCUT2D eigenvalue weighted by molar-refractivity contribution is -0.137.